The van der Waals surface area contributed by atoms with Gasteiger partial charge in [-0.3, -0.25) is 9.59 Å². The zero-order chi connectivity index (χ0) is 23.0. The molecule has 0 aromatic carbocycles. The lowest BCUT2D eigenvalue weighted by Gasteiger charge is -2.26. The lowest BCUT2D eigenvalue weighted by Crippen LogP contribution is -2.45. The Morgan fingerprint density at radius 3 is 2.42 bits per heavy atom. The highest BCUT2D eigenvalue weighted by molar-refractivity contribution is 5.96. The van der Waals surface area contributed by atoms with Crippen LogP contribution in [0.15, 0.2) is 10.9 Å². The van der Waals surface area contributed by atoms with Crippen molar-refractivity contribution in [3.63, 3.8) is 0 Å². The van der Waals surface area contributed by atoms with Crippen molar-refractivity contribution in [2.45, 2.75) is 98.1 Å². The third-order valence-electron chi connectivity index (χ3n) is 6.27. The van der Waals surface area contributed by atoms with Crippen LogP contribution in [-0.2, 0) is 28.9 Å². The van der Waals surface area contributed by atoms with Gasteiger partial charge in [-0.2, -0.15) is 0 Å². The van der Waals surface area contributed by atoms with E-state index in [0.29, 0.717) is 18.9 Å². The number of hydrogen-bond acceptors (Lipinski definition) is 4. The van der Waals surface area contributed by atoms with Crippen LogP contribution in [0.4, 0.5) is 0 Å². The first kappa shape index (κ1) is 25.2. The van der Waals surface area contributed by atoms with E-state index in [1.807, 2.05) is 18.4 Å². The minimum absolute atomic E-state index is 0.130. The standard InChI is InChI=1S/C25H40N2O4/c1-6-11-22-19(7-2)15-20(23(28)26-21(14-17(3)4)25(30)31-5)24(29)27(22)16-18-12-9-8-10-13-18/h15,17-18,21H,6-14,16H2,1-5H3,(H,26,28). The molecule has 0 spiro atoms. The Hall–Kier alpha value is -2.11. The summed E-state index contributed by atoms with van der Waals surface area (Å²) in [7, 11) is 1.31. The fourth-order valence-corrected chi connectivity index (χ4v) is 4.65. The molecule has 1 aliphatic rings. The Balaban J connectivity index is 2.43. The summed E-state index contributed by atoms with van der Waals surface area (Å²) in [6.07, 6.45) is 8.94. The molecule has 1 aliphatic carbocycles. The van der Waals surface area contributed by atoms with Gasteiger partial charge in [-0.15, -0.1) is 0 Å². The van der Waals surface area contributed by atoms with E-state index >= 15 is 0 Å². The summed E-state index contributed by atoms with van der Waals surface area (Å²) in [5.41, 5.74) is 1.99. The van der Waals surface area contributed by atoms with Crippen LogP contribution in [0.1, 0.15) is 94.3 Å². The number of nitrogens with zero attached hydrogens (tertiary/aromatic N) is 1. The zero-order valence-electron chi connectivity index (χ0n) is 20.0. The molecule has 1 unspecified atom stereocenters. The van der Waals surface area contributed by atoms with Crippen LogP contribution in [0.2, 0.25) is 0 Å². The molecule has 0 radical (unpaired) electrons. The van der Waals surface area contributed by atoms with E-state index in [9.17, 15) is 14.4 Å². The molecule has 0 bridgehead atoms. The fourth-order valence-electron chi connectivity index (χ4n) is 4.65. The van der Waals surface area contributed by atoms with Gasteiger partial charge in [-0.1, -0.05) is 53.4 Å². The number of carbonyl (C=O) groups excluding carboxylic acids is 2. The average Bonchev–Trinajstić information content (AvgIpc) is 2.75. The molecule has 1 aromatic heterocycles. The summed E-state index contributed by atoms with van der Waals surface area (Å²) in [5, 5.41) is 2.76. The molecule has 0 saturated heterocycles. The molecule has 31 heavy (non-hydrogen) atoms. The third-order valence-corrected chi connectivity index (χ3v) is 6.27. The molecule has 1 aromatic rings. The Morgan fingerprint density at radius 1 is 1.19 bits per heavy atom. The topological polar surface area (TPSA) is 77.4 Å². The number of aromatic nitrogens is 1. The zero-order valence-corrected chi connectivity index (χ0v) is 20.0. The minimum atomic E-state index is -0.760. The first-order chi connectivity index (χ1) is 14.8. The molecule has 1 amide bonds. The lowest BCUT2D eigenvalue weighted by atomic mass is 9.89. The highest BCUT2D eigenvalue weighted by Crippen LogP contribution is 2.26. The van der Waals surface area contributed by atoms with Gasteiger partial charge in [0, 0.05) is 12.2 Å². The maximum Gasteiger partial charge on any atom is 0.328 e. The molecular weight excluding hydrogens is 392 g/mol. The first-order valence-electron chi connectivity index (χ1n) is 12.0. The Morgan fingerprint density at radius 2 is 1.87 bits per heavy atom. The number of hydrogen-bond donors (Lipinski definition) is 1. The van der Waals surface area contributed by atoms with Gasteiger partial charge in [-0.05, 0) is 55.6 Å². The van der Waals surface area contributed by atoms with Crippen LogP contribution in [-0.4, -0.2) is 29.6 Å². The molecule has 2 rings (SSSR count). The van der Waals surface area contributed by atoms with Crippen molar-refractivity contribution in [2.24, 2.45) is 11.8 Å². The normalized spacial score (nSPS) is 15.7. The lowest BCUT2D eigenvalue weighted by molar-refractivity contribution is -0.143. The van der Waals surface area contributed by atoms with Crippen molar-refractivity contribution >= 4 is 11.9 Å². The van der Waals surface area contributed by atoms with E-state index in [1.165, 1.54) is 26.4 Å². The molecular formula is C25H40N2O4. The Kier molecular flexibility index (Phi) is 9.79. The van der Waals surface area contributed by atoms with Gasteiger partial charge in [-0.25, -0.2) is 4.79 Å². The van der Waals surface area contributed by atoms with Crippen LogP contribution >= 0.6 is 0 Å². The number of ether oxygens (including phenoxy) is 1. The summed E-state index contributed by atoms with van der Waals surface area (Å²) < 4.78 is 6.73. The highest BCUT2D eigenvalue weighted by atomic mass is 16.5. The van der Waals surface area contributed by atoms with Gasteiger partial charge in [0.1, 0.15) is 11.6 Å². The van der Waals surface area contributed by atoms with Crippen LogP contribution in [0.25, 0.3) is 0 Å². The van der Waals surface area contributed by atoms with Crippen molar-refractivity contribution in [2.75, 3.05) is 7.11 Å². The molecule has 0 aliphatic heterocycles. The predicted molar refractivity (Wildman–Crippen MR) is 123 cm³/mol. The number of pyridine rings is 1. The van der Waals surface area contributed by atoms with Crippen molar-refractivity contribution in [1.29, 1.82) is 0 Å². The second-order valence-electron chi connectivity index (χ2n) is 9.23. The van der Waals surface area contributed by atoms with Crippen molar-refractivity contribution in [3.8, 4) is 0 Å². The van der Waals surface area contributed by atoms with E-state index in [4.69, 9.17) is 4.74 Å². The van der Waals surface area contributed by atoms with E-state index < -0.39 is 17.9 Å². The summed E-state index contributed by atoms with van der Waals surface area (Å²) in [5.74, 6) is -0.293. The summed E-state index contributed by atoms with van der Waals surface area (Å²) in [6, 6.07) is 0.980. The number of esters is 1. The summed E-state index contributed by atoms with van der Waals surface area (Å²) >= 11 is 0. The van der Waals surface area contributed by atoms with Gasteiger partial charge in [0.15, 0.2) is 0 Å². The largest absolute Gasteiger partial charge is 0.467 e. The fraction of sp³-hybridized carbons (Fsp3) is 0.720. The highest BCUT2D eigenvalue weighted by Gasteiger charge is 2.26. The van der Waals surface area contributed by atoms with E-state index in [0.717, 1.165) is 43.4 Å². The molecule has 1 N–H and O–H groups in total. The van der Waals surface area contributed by atoms with Gasteiger partial charge >= 0.3 is 5.97 Å². The Bertz CT molecular complexity index is 806. The van der Waals surface area contributed by atoms with Crippen LogP contribution in [0.3, 0.4) is 0 Å². The molecule has 1 saturated carbocycles. The molecule has 1 atom stereocenters. The van der Waals surface area contributed by atoms with E-state index in [-0.39, 0.29) is 17.0 Å². The second kappa shape index (κ2) is 12.1. The summed E-state index contributed by atoms with van der Waals surface area (Å²) in [6.45, 7) is 8.81. The maximum absolute atomic E-state index is 13.5. The quantitative estimate of drug-likeness (QED) is 0.561. The number of carbonyl (C=O) groups is 2. The van der Waals surface area contributed by atoms with Gasteiger partial charge < -0.3 is 14.6 Å². The van der Waals surface area contributed by atoms with Crippen LogP contribution in [0, 0.1) is 11.8 Å². The minimum Gasteiger partial charge on any atom is -0.467 e. The number of rotatable bonds is 10. The van der Waals surface area contributed by atoms with Crippen LogP contribution < -0.4 is 10.9 Å². The number of amides is 1. The van der Waals surface area contributed by atoms with Crippen molar-refractivity contribution in [1.82, 2.24) is 9.88 Å². The average molecular weight is 433 g/mol. The first-order valence-corrected chi connectivity index (χ1v) is 12.0. The second-order valence-corrected chi connectivity index (χ2v) is 9.23. The van der Waals surface area contributed by atoms with E-state index in [2.05, 4.69) is 19.2 Å². The molecule has 1 heterocycles. The molecule has 174 valence electrons. The van der Waals surface area contributed by atoms with Crippen LogP contribution in [0.5, 0.6) is 0 Å². The van der Waals surface area contributed by atoms with Gasteiger partial charge in [0.05, 0.1) is 7.11 Å². The van der Waals surface area contributed by atoms with Crippen molar-refractivity contribution < 1.29 is 14.3 Å². The molecule has 6 heteroatoms. The SMILES string of the molecule is CCCc1c(CC)cc(C(=O)NC(CC(C)C)C(=O)OC)c(=O)n1CC1CCCCC1. The number of methoxy groups -OCH3 is 1. The van der Waals surface area contributed by atoms with Crippen molar-refractivity contribution in [3.05, 3.63) is 33.2 Å². The third kappa shape index (κ3) is 6.68. The number of aryl methyl sites for hydroxylation is 1. The molecule has 6 nitrogen and oxygen atoms in total. The van der Waals surface area contributed by atoms with Gasteiger partial charge in [0.25, 0.3) is 11.5 Å². The van der Waals surface area contributed by atoms with Gasteiger partial charge in [0.2, 0.25) is 0 Å². The smallest absolute Gasteiger partial charge is 0.328 e. The summed E-state index contributed by atoms with van der Waals surface area (Å²) in [4.78, 5) is 38.8. The van der Waals surface area contributed by atoms with E-state index in [1.54, 1.807) is 6.07 Å². The number of nitrogens with one attached hydrogen (secondary N) is 1. The predicted octanol–water partition coefficient (Wildman–Crippen LogP) is 4.26. The Labute approximate surface area is 186 Å². The maximum atomic E-state index is 13.5. The monoisotopic (exact) mass is 432 g/mol. The molecule has 1 fully saturated rings.